The highest BCUT2D eigenvalue weighted by Gasteiger charge is 2.33. The van der Waals surface area contributed by atoms with E-state index in [9.17, 15) is 13.2 Å². The van der Waals surface area contributed by atoms with Gasteiger partial charge in [0.2, 0.25) is 5.91 Å². The van der Waals surface area contributed by atoms with Crippen molar-refractivity contribution in [3.8, 4) is 0 Å². The van der Waals surface area contributed by atoms with Crippen LogP contribution in [-0.2, 0) is 21.5 Å². The molecule has 2 fully saturated rings. The predicted octanol–water partition coefficient (Wildman–Crippen LogP) is 0.457. The molecule has 2 aliphatic heterocycles. The Kier molecular flexibility index (Phi) is 5.75. The Morgan fingerprint density at radius 2 is 1.72 bits per heavy atom. The van der Waals surface area contributed by atoms with Crippen molar-refractivity contribution in [1.29, 1.82) is 0 Å². The molecule has 0 bridgehead atoms. The van der Waals surface area contributed by atoms with Crippen LogP contribution in [0.4, 0.5) is 0 Å². The van der Waals surface area contributed by atoms with Gasteiger partial charge in [-0.15, -0.1) is 0 Å². The number of hydrogen-bond donors (Lipinski definition) is 0. The normalized spacial score (nSPS) is 20.8. The van der Waals surface area contributed by atoms with E-state index in [0.29, 0.717) is 58.7 Å². The zero-order valence-electron chi connectivity index (χ0n) is 14.8. The summed E-state index contributed by atoms with van der Waals surface area (Å²) < 4.78 is 30.3. The second-order valence-corrected chi connectivity index (χ2v) is 8.62. The Bertz CT molecular complexity index is 696. The Morgan fingerprint density at radius 3 is 2.40 bits per heavy atom. The summed E-state index contributed by atoms with van der Waals surface area (Å²) in [6.45, 7) is 5.70. The van der Waals surface area contributed by atoms with Gasteiger partial charge in [0, 0.05) is 64.1 Å². The fourth-order valence-corrected chi connectivity index (χ4v) is 5.17. The van der Waals surface area contributed by atoms with Gasteiger partial charge in [-0.1, -0.05) is 0 Å². The lowest BCUT2D eigenvalue weighted by Gasteiger charge is -2.26. The Balaban J connectivity index is 1.54. The van der Waals surface area contributed by atoms with Crippen LogP contribution in [0.5, 0.6) is 0 Å². The summed E-state index contributed by atoms with van der Waals surface area (Å²) in [6.07, 6.45) is 4.67. The molecule has 0 aromatic carbocycles. The molecule has 1 amide bonds. The lowest BCUT2D eigenvalue weighted by molar-refractivity contribution is -0.131. The van der Waals surface area contributed by atoms with Gasteiger partial charge in [0.05, 0.1) is 0 Å². The highest BCUT2D eigenvalue weighted by atomic mass is 32.2. The van der Waals surface area contributed by atoms with Gasteiger partial charge >= 0.3 is 0 Å². The van der Waals surface area contributed by atoms with E-state index in [0.717, 1.165) is 18.5 Å². The van der Waals surface area contributed by atoms with Crippen LogP contribution in [0.3, 0.4) is 0 Å². The van der Waals surface area contributed by atoms with E-state index in [4.69, 9.17) is 0 Å². The van der Waals surface area contributed by atoms with Crippen molar-refractivity contribution in [3.05, 3.63) is 18.0 Å². The molecular formula is C16H27N5O3S. The fourth-order valence-electron chi connectivity index (χ4n) is 3.45. The molecule has 25 heavy (non-hydrogen) atoms. The van der Waals surface area contributed by atoms with Gasteiger partial charge in [0.1, 0.15) is 0 Å². The minimum Gasteiger partial charge on any atom is -0.341 e. The van der Waals surface area contributed by atoms with Crippen LogP contribution in [0, 0.1) is 6.92 Å². The standard InChI is InChI=1S/C16H27N5O3S/c1-15-5-7-17-21(15)12-6-16(22)18-8-4-11-20(14-13-18)25(23,24)19-9-2-3-10-19/h5,7H,2-4,6,8-14H2,1H3. The number of carbonyl (C=O) groups is 1. The van der Waals surface area contributed by atoms with E-state index >= 15 is 0 Å². The van der Waals surface area contributed by atoms with E-state index in [1.807, 2.05) is 17.7 Å². The lowest BCUT2D eigenvalue weighted by atomic mass is 10.3. The van der Waals surface area contributed by atoms with E-state index in [2.05, 4.69) is 5.10 Å². The monoisotopic (exact) mass is 369 g/mol. The molecular weight excluding hydrogens is 342 g/mol. The molecule has 0 N–H and O–H groups in total. The van der Waals surface area contributed by atoms with Crippen LogP contribution in [0.2, 0.25) is 0 Å². The molecule has 140 valence electrons. The summed E-state index contributed by atoms with van der Waals surface area (Å²) in [6, 6.07) is 1.91. The summed E-state index contributed by atoms with van der Waals surface area (Å²) >= 11 is 0. The summed E-state index contributed by atoms with van der Waals surface area (Å²) in [5, 5.41) is 4.19. The Morgan fingerprint density at radius 1 is 1.04 bits per heavy atom. The second-order valence-electron chi connectivity index (χ2n) is 6.69. The van der Waals surface area contributed by atoms with Crippen molar-refractivity contribution in [2.45, 2.75) is 39.2 Å². The van der Waals surface area contributed by atoms with Crippen molar-refractivity contribution in [3.63, 3.8) is 0 Å². The third-order valence-electron chi connectivity index (χ3n) is 4.99. The molecule has 2 aliphatic rings. The van der Waals surface area contributed by atoms with Crippen molar-refractivity contribution < 1.29 is 13.2 Å². The van der Waals surface area contributed by atoms with Gasteiger partial charge < -0.3 is 4.90 Å². The molecule has 0 atom stereocenters. The first kappa shape index (κ1) is 18.3. The van der Waals surface area contributed by atoms with Crippen LogP contribution < -0.4 is 0 Å². The topological polar surface area (TPSA) is 78.8 Å². The Hall–Kier alpha value is -1.45. The zero-order valence-corrected chi connectivity index (χ0v) is 15.6. The van der Waals surface area contributed by atoms with Crippen LogP contribution in [0.25, 0.3) is 0 Å². The van der Waals surface area contributed by atoms with Gasteiger partial charge in [-0.3, -0.25) is 9.48 Å². The number of amides is 1. The third kappa shape index (κ3) is 4.21. The number of aryl methyl sites for hydroxylation is 2. The van der Waals surface area contributed by atoms with Gasteiger partial charge in [0.25, 0.3) is 10.2 Å². The maximum Gasteiger partial charge on any atom is 0.282 e. The number of carbonyl (C=O) groups excluding carboxylic acids is 1. The van der Waals surface area contributed by atoms with Crippen molar-refractivity contribution in [2.75, 3.05) is 39.3 Å². The highest BCUT2D eigenvalue weighted by molar-refractivity contribution is 7.86. The Labute approximate surface area is 149 Å². The molecule has 0 saturated carbocycles. The number of aromatic nitrogens is 2. The lowest BCUT2D eigenvalue weighted by Crippen LogP contribution is -2.44. The summed E-state index contributed by atoms with van der Waals surface area (Å²) in [7, 11) is -3.37. The molecule has 1 aromatic heterocycles. The van der Waals surface area contributed by atoms with Gasteiger partial charge in [-0.2, -0.15) is 22.1 Å². The average molecular weight is 369 g/mol. The summed E-state index contributed by atoms with van der Waals surface area (Å²) in [5.41, 5.74) is 1.03. The molecule has 2 saturated heterocycles. The third-order valence-corrected chi connectivity index (χ3v) is 7.03. The van der Waals surface area contributed by atoms with E-state index < -0.39 is 10.2 Å². The number of rotatable bonds is 5. The largest absolute Gasteiger partial charge is 0.341 e. The minimum atomic E-state index is -3.37. The van der Waals surface area contributed by atoms with Crippen molar-refractivity contribution in [1.82, 2.24) is 23.3 Å². The summed E-state index contributed by atoms with van der Waals surface area (Å²) in [4.78, 5) is 14.3. The molecule has 8 nitrogen and oxygen atoms in total. The number of nitrogens with zero attached hydrogens (tertiary/aromatic N) is 5. The molecule has 9 heteroatoms. The maximum atomic E-state index is 12.7. The first-order chi connectivity index (χ1) is 12.0. The van der Waals surface area contributed by atoms with E-state index in [-0.39, 0.29) is 5.91 Å². The maximum absolute atomic E-state index is 12.7. The van der Waals surface area contributed by atoms with E-state index in [1.165, 1.54) is 0 Å². The molecule has 1 aromatic rings. The SMILES string of the molecule is Cc1ccnn1CCC(=O)N1CCCN(S(=O)(=O)N2CCCC2)CC1. The predicted molar refractivity (Wildman–Crippen MR) is 94.1 cm³/mol. The fraction of sp³-hybridized carbons (Fsp3) is 0.750. The van der Waals surface area contributed by atoms with Crippen LogP contribution in [-0.4, -0.2) is 76.9 Å². The summed E-state index contributed by atoms with van der Waals surface area (Å²) in [5.74, 6) is 0.0651. The van der Waals surface area contributed by atoms with Crippen LogP contribution in [0.15, 0.2) is 12.3 Å². The van der Waals surface area contributed by atoms with Crippen molar-refractivity contribution in [2.24, 2.45) is 0 Å². The van der Waals surface area contributed by atoms with Gasteiger partial charge in [-0.05, 0) is 32.3 Å². The second kappa shape index (κ2) is 7.84. The highest BCUT2D eigenvalue weighted by Crippen LogP contribution is 2.18. The van der Waals surface area contributed by atoms with E-state index in [1.54, 1.807) is 19.7 Å². The molecule has 3 heterocycles. The molecule has 3 rings (SSSR count). The quantitative estimate of drug-likeness (QED) is 0.755. The smallest absolute Gasteiger partial charge is 0.282 e. The molecule has 0 spiro atoms. The first-order valence-corrected chi connectivity index (χ1v) is 10.4. The van der Waals surface area contributed by atoms with Crippen molar-refractivity contribution >= 4 is 16.1 Å². The molecule has 0 radical (unpaired) electrons. The number of hydrogen-bond acceptors (Lipinski definition) is 4. The van der Waals surface area contributed by atoms with Crippen LogP contribution in [0.1, 0.15) is 31.4 Å². The van der Waals surface area contributed by atoms with Crippen LogP contribution >= 0.6 is 0 Å². The average Bonchev–Trinajstić information content (AvgIpc) is 3.19. The zero-order chi connectivity index (χ0) is 17.9. The molecule has 0 unspecified atom stereocenters. The first-order valence-electron chi connectivity index (χ1n) is 9.00. The minimum absolute atomic E-state index is 0.0651. The van der Waals surface area contributed by atoms with Gasteiger partial charge in [0.15, 0.2) is 0 Å². The molecule has 0 aliphatic carbocycles. The van der Waals surface area contributed by atoms with Gasteiger partial charge in [-0.25, -0.2) is 0 Å².